The highest BCUT2D eigenvalue weighted by Gasteiger charge is 2.54. The lowest BCUT2D eigenvalue weighted by Gasteiger charge is -2.39. The van der Waals surface area contributed by atoms with Gasteiger partial charge in [-0.25, -0.2) is 10.9 Å². The fourth-order valence-corrected chi connectivity index (χ4v) is 7.18. The van der Waals surface area contributed by atoms with Crippen molar-refractivity contribution in [3.8, 4) is 6.19 Å². The molecular formula is C25H41N5O3. The van der Waals surface area contributed by atoms with Crippen molar-refractivity contribution >= 4 is 12.1 Å². The summed E-state index contributed by atoms with van der Waals surface area (Å²) in [5, 5.41) is 12.9. The highest BCUT2D eigenvalue weighted by molar-refractivity contribution is 5.83. The number of carbonyl (C=O) groups excluding carboxylic acids is 1. The Morgan fingerprint density at radius 2 is 2.03 bits per heavy atom. The van der Waals surface area contributed by atoms with Crippen LogP contribution in [-0.4, -0.2) is 54.1 Å². The zero-order chi connectivity index (χ0) is 23.4. The van der Waals surface area contributed by atoms with E-state index in [1.165, 1.54) is 6.42 Å². The van der Waals surface area contributed by atoms with Gasteiger partial charge < -0.3 is 15.0 Å². The van der Waals surface area contributed by atoms with Gasteiger partial charge in [-0.05, 0) is 82.5 Å². The molecule has 0 saturated heterocycles. The standard InChI is InChI=1S/C25H41N5O3/c1-3-5-21(31)22(33-27)13-17-7-6-16-12-20-24(23(16)17)25(29-15-28-20)32-19-10-8-18(9-11-19)30(4-2)14-26/h15-20,22-25H,3-13,27H2,1-2H3,(H,28,29). The Labute approximate surface area is 198 Å². The van der Waals surface area contributed by atoms with Gasteiger partial charge in [-0.3, -0.25) is 9.63 Å². The van der Waals surface area contributed by atoms with E-state index >= 15 is 0 Å². The molecule has 0 aromatic heterocycles. The molecule has 3 N–H and O–H groups in total. The molecule has 184 valence electrons. The number of aliphatic imine (C=N–C) groups is 1. The molecule has 3 saturated carbocycles. The van der Waals surface area contributed by atoms with Gasteiger partial charge in [0, 0.05) is 31.0 Å². The minimum Gasteiger partial charge on any atom is -0.373 e. The number of nitriles is 1. The first-order chi connectivity index (χ1) is 16.1. The molecule has 1 heterocycles. The highest BCUT2D eigenvalue weighted by atomic mass is 16.6. The summed E-state index contributed by atoms with van der Waals surface area (Å²) in [4.78, 5) is 24.3. The molecule has 7 unspecified atom stereocenters. The predicted octanol–water partition coefficient (Wildman–Crippen LogP) is 3.12. The van der Waals surface area contributed by atoms with E-state index in [1.807, 2.05) is 25.1 Å². The number of rotatable bonds is 10. The van der Waals surface area contributed by atoms with Gasteiger partial charge in [0.2, 0.25) is 0 Å². The third kappa shape index (κ3) is 5.21. The second kappa shape index (κ2) is 11.2. The summed E-state index contributed by atoms with van der Waals surface area (Å²) in [6.45, 7) is 4.83. The van der Waals surface area contributed by atoms with Gasteiger partial charge in [0.05, 0.1) is 12.4 Å². The Kier molecular flexibility index (Phi) is 8.26. The summed E-state index contributed by atoms with van der Waals surface area (Å²) in [6.07, 6.45) is 13.2. The second-order valence-electron chi connectivity index (χ2n) is 10.5. The molecule has 8 heteroatoms. The molecule has 0 amide bonds. The topological polar surface area (TPSA) is 113 Å². The Hall–Kier alpha value is -1.69. The van der Waals surface area contributed by atoms with Crippen molar-refractivity contribution in [3.63, 3.8) is 0 Å². The van der Waals surface area contributed by atoms with Crippen LogP contribution in [0.25, 0.3) is 0 Å². The second-order valence-corrected chi connectivity index (χ2v) is 10.5. The van der Waals surface area contributed by atoms with Crippen molar-refractivity contribution < 1.29 is 14.4 Å². The van der Waals surface area contributed by atoms with Crippen LogP contribution in [0.15, 0.2) is 4.99 Å². The lowest BCUT2D eigenvalue weighted by Crippen LogP contribution is -2.48. The van der Waals surface area contributed by atoms with Crippen LogP contribution in [-0.2, 0) is 14.4 Å². The molecule has 0 spiro atoms. The maximum Gasteiger partial charge on any atom is 0.179 e. The molecule has 0 bridgehead atoms. The smallest absolute Gasteiger partial charge is 0.179 e. The van der Waals surface area contributed by atoms with Gasteiger partial charge in [0.25, 0.3) is 0 Å². The molecule has 0 radical (unpaired) electrons. The molecule has 3 fully saturated rings. The van der Waals surface area contributed by atoms with E-state index in [1.54, 1.807) is 0 Å². The number of hydrogen-bond donors (Lipinski definition) is 2. The van der Waals surface area contributed by atoms with Crippen molar-refractivity contribution in [3.05, 3.63) is 0 Å². The molecule has 3 aliphatic carbocycles. The fourth-order valence-electron chi connectivity index (χ4n) is 7.18. The van der Waals surface area contributed by atoms with Crippen molar-refractivity contribution in [2.45, 2.75) is 109 Å². The number of fused-ring (bicyclic) bond motifs is 3. The first kappa shape index (κ1) is 24.4. The SMILES string of the molecule is CCCC(=O)C(CC1CCC2CC3NC=NC(OC4CCC(N(C#N)CC)CC4)C3C12)ON. The zero-order valence-corrected chi connectivity index (χ0v) is 20.2. The van der Waals surface area contributed by atoms with E-state index in [-0.39, 0.29) is 18.1 Å². The average molecular weight is 460 g/mol. The minimum atomic E-state index is -0.496. The highest BCUT2D eigenvalue weighted by Crippen LogP contribution is 2.54. The van der Waals surface area contributed by atoms with Crippen LogP contribution in [0, 0.1) is 35.1 Å². The van der Waals surface area contributed by atoms with E-state index in [9.17, 15) is 10.1 Å². The van der Waals surface area contributed by atoms with Crippen LogP contribution in [0.5, 0.6) is 0 Å². The number of ketones is 1. The monoisotopic (exact) mass is 459 g/mol. The molecule has 4 aliphatic rings. The average Bonchev–Trinajstić information content (AvgIpc) is 3.39. The van der Waals surface area contributed by atoms with Gasteiger partial charge in [-0.15, -0.1) is 0 Å². The zero-order valence-electron chi connectivity index (χ0n) is 20.2. The maximum absolute atomic E-state index is 12.5. The van der Waals surface area contributed by atoms with Crippen LogP contribution < -0.4 is 11.2 Å². The van der Waals surface area contributed by atoms with Crippen LogP contribution in [0.3, 0.4) is 0 Å². The molecule has 0 aromatic rings. The summed E-state index contributed by atoms with van der Waals surface area (Å²) in [5.41, 5.74) is 0. The molecule has 33 heavy (non-hydrogen) atoms. The third-order valence-electron chi connectivity index (χ3n) is 8.72. The number of nitrogens with two attached hydrogens (primary N) is 1. The lowest BCUT2D eigenvalue weighted by atomic mass is 9.79. The van der Waals surface area contributed by atoms with Gasteiger partial charge in [0.1, 0.15) is 6.10 Å². The number of hydrogen-bond acceptors (Lipinski definition) is 8. The molecule has 7 atom stereocenters. The number of ether oxygens (including phenoxy) is 1. The van der Waals surface area contributed by atoms with E-state index in [4.69, 9.17) is 20.5 Å². The molecular weight excluding hydrogens is 418 g/mol. The maximum atomic E-state index is 12.5. The van der Waals surface area contributed by atoms with Crippen molar-refractivity contribution in [2.24, 2.45) is 34.6 Å². The van der Waals surface area contributed by atoms with Crippen LogP contribution in [0.4, 0.5) is 0 Å². The number of nitrogens with zero attached hydrogens (tertiary/aromatic N) is 3. The van der Waals surface area contributed by atoms with E-state index < -0.39 is 6.10 Å². The largest absolute Gasteiger partial charge is 0.373 e. The van der Waals surface area contributed by atoms with Gasteiger partial charge >= 0.3 is 0 Å². The fraction of sp³-hybridized carbons (Fsp3) is 0.880. The molecule has 4 rings (SSSR count). The van der Waals surface area contributed by atoms with Crippen molar-refractivity contribution in [2.75, 3.05) is 6.54 Å². The van der Waals surface area contributed by atoms with Crippen molar-refractivity contribution in [1.29, 1.82) is 5.26 Å². The van der Waals surface area contributed by atoms with Gasteiger partial charge in [-0.2, -0.15) is 5.26 Å². The normalized spacial score (nSPS) is 38.1. The quantitative estimate of drug-likeness (QED) is 0.293. The Bertz CT molecular complexity index is 732. The van der Waals surface area contributed by atoms with Crippen LogP contribution in [0.2, 0.25) is 0 Å². The Balaban J connectivity index is 1.39. The van der Waals surface area contributed by atoms with Gasteiger partial charge in [-0.1, -0.05) is 6.92 Å². The van der Waals surface area contributed by atoms with E-state index in [0.29, 0.717) is 48.6 Å². The van der Waals surface area contributed by atoms with Crippen molar-refractivity contribution in [1.82, 2.24) is 10.2 Å². The van der Waals surface area contributed by atoms with Gasteiger partial charge in [0.15, 0.2) is 18.2 Å². The number of Topliss-reactive ketones (excluding diaryl/α,β-unsaturated/α-hetero) is 1. The summed E-state index contributed by atoms with van der Waals surface area (Å²) in [7, 11) is 0. The summed E-state index contributed by atoms with van der Waals surface area (Å²) in [5.74, 6) is 7.56. The Morgan fingerprint density at radius 1 is 1.24 bits per heavy atom. The minimum absolute atomic E-state index is 0.126. The first-order valence-electron chi connectivity index (χ1n) is 13.1. The number of carbonyl (C=O) groups is 1. The van der Waals surface area contributed by atoms with E-state index in [0.717, 1.165) is 51.5 Å². The lowest BCUT2D eigenvalue weighted by molar-refractivity contribution is -0.132. The first-order valence-corrected chi connectivity index (χ1v) is 13.1. The Morgan fingerprint density at radius 3 is 2.70 bits per heavy atom. The van der Waals surface area contributed by atoms with Crippen LogP contribution in [0.1, 0.15) is 78.1 Å². The number of nitrogens with one attached hydrogen (secondary N) is 1. The third-order valence-corrected chi connectivity index (χ3v) is 8.72. The molecule has 0 aromatic carbocycles. The molecule has 1 aliphatic heterocycles. The summed E-state index contributed by atoms with van der Waals surface area (Å²) in [6, 6.07) is 0.729. The summed E-state index contributed by atoms with van der Waals surface area (Å²) >= 11 is 0. The van der Waals surface area contributed by atoms with Crippen LogP contribution >= 0.6 is 0 Å². The van der Waals surface area contributed by atoms with E-state index in [2.05, 4.69) is 11.5 Å². The predicted molar refractivity (Wildman–Crippen MR) is 126 cm³/mol. The summed E-state index contributed by atoms with van der Waals surface area (Å²) < 4.78 is 6.65. The molecule has 8 nitrogen and oxygen atoms in total.